The molecule has 4 amide bonds. The largest absolute Gasteiger partial charge is 0.495 e. The minimum absolute atomic E-state index is 0.00710. The average Bonchev–Trinajstić information content (AvgIpc) is 3.30. The molecule has 0 N–H and O–H groups in total. The number of methoxy groups -OCH3 is 1. The highest BCUT2D eigenvalue weighted by atomic mass is 16.5. The maximum atomic E-state index is 12.6. The third-order valence-corrected chi connectivity index (χ3v) is 5.89. The van der Waals surface area contributed by atoms with Gasteiger partial charge in [0.05, 0.1) is 12.8 Å². The van der Waals surface area contributed by atoms with Crippen LogP contribution >= 0.6 is 0 Å². The molecule has 3 heterocycles. The smallest absolute Gasteiger partial charge is 0.327 e. The highest BCUT2D eigenvalue weighted by Gasteiger charge is 2.47. The van der Waals surface area contributed by atoms with Gasteiger partial charge in [-0.2, -0.15) is 0 Å². The second kappa shape index (κ2) is 7.69. The van der Waals surface area contributed by atoms with E-state index in [0.29, 0.717) is 19.6 Å². The third-order valence-electron chi connectivity index (χ3n) is 5.89. The van der Waals surface area contributed by atoms with Gasteiger partial charge < -0.3 is 19.4 Å². The number of carbonyl (C=O) groups excluding carboxylic acids is 3. The summed E-state index contributed by atoms with van der Waals surface area (Å²) in [5.41, 5.74) is 1.03. The second-order valence-electron chi connectivity index (χ2n) is 7.41. The van der Waals surface area contributed by atoms with Gasteiger partial charge in [-0.3, -0.25) is 14.5 Å². The first-order valence-corrected chi connectivity index (χ1v) is 9.88. The Morgan fingerprint density at radius 1 is 1.11 bits per heavy atom. The lowest BCUT2D eigenvalue weighted by atomic mass is 10.2. The number of rotatable bonds is 5. The molecule has 150 valence electrons. The van der Waals surface area contributed by atoms with Crippen LogP contribution in [0.1, 0.15) is 19.3 Å². The van der Waals surface area contributed by atoms with Gasteiger partial charge >= 0.3 is 6.03 Å². The van der Waals surface area contributed by atoms with Gasteiger partial charge in [-0.1, -0.05) is 12.1 Å². The normalized spacial score (nSPS) is 22.1. The second-order valence-corrected chi connectivity index (χ2v) is 7.41. The lowest BCUT2D eigenvalue weighted by molar-refractivity contribution is -0.132. The van der Waals surface area contributed by atoms with Crippen molar-refractivity contribution >= 4 is 23.5 Å². The van der Waals surface area contributed by atoms with E-state index in [-0.39, 0.29) is 36.9 Å². The van der Waals surface area contributed by atoms with Gasteiger partial charge in [0.1, 0.15) is 11.8 Å². The molecule has 1 atom stereocenters. The first-order chi connectivity index (χ1) is 13.6. The Balaban J connectivity index is 1.29. The van der Waals surface area contributed by atoms with E-state index in [2.05, 4.69) is 4.90 Å². The highest BCUT2D eigenvalue weighted by molar-refractivity contribution is 6.04. The Labute approximate surface area is 164 Å². The standard InChI is InChI=1S/C20H26N4O4/c1-28-17-7-3-2-5-15(17)21-11-13-22(14-12-21)18(25)8-10-24-19(26)16-6-4-9-23(16)20(24)27/h2-3,5,7,16H,4,6,8-14H2,1H3. The summed E-state index contributed by atoms with van der Waals surface area (Å²) >= 11 is 0. The molecule has 8 nitrogen and oxygen atoms in total. The van der Waals surface area contributed by atoms with Crippen LogP contribution in [0.5, 0.6) is 5.75 Å². The lowest BCUT2D eigenvalue weighted by Crippen LogP contribution is -2.49. The van der Waals surface area contributed by atoms with Crippen LogP contribution in [0.2, 0.25) is 0 Å². The number of carbonyl (C=O) groups is 3. The van der Waals surface area contributed by atoms with Gasteiger partial charge in [0.15, 0.2) is 0 Å². The molecule has 3 fully saturated rings. The number of hydrogen-bond acceptors (Lipinski definition) is 5. The van der Waals surface area contributed by atoms with E-state index in [0.717, 1.165) is 37.4 Å². The molecule has 3 aliphatic rings. The molecule has 0 spiro atoms. The fourth-order valence-corrected chi connectivity index (χ4v) is 4.34. The number of piperazine rings is 1. The van der Waals surface area contributed by atoms with Crippen molar-refractivity contribution in [3.8, 4) is 5.75 Å². The zero-order valence-electron chi connectivity index (χ0n) is 16.2. The van der Waals surface area contributed by atoms with E-state index in [1.807, 2.05) is 29.2 Å². The van der Waals surface area contributed by atoms with Gasteiger partial charge in [0.2, 0.25) is 5.91 Å². The Hall–Kier alpha value is -2.77. The molecule has 0 radical (unpaired) electrons. The lowest BCUT2D eigenvalue weighted by Gasteiger charge is -2.36. The number of hydrogen-bond donors (Lipinski definition) is 0. The molecule has 0 aromatic heterocycles. The number of imide groups is 1. The van der Waals surface area contributed by atoms with Crippen LogP contribution in [0.3, 0.4) is 0 Å². The van der Waals surface area contributed by atoms with E-state index >= 15 is 0 Å². The fourth-order valence-electron chi connectivity index (χ4n) is 4.34. The number of nitrogens with zero attached hydrogens (tertiary/aromatic N) is 4. The Morgan fingerprint density at radius 3 is 2.57 bits per heavy atom. The van der Waals surface area contributed by atoms with Gasteiger partial charge in [0, 0.05) is 45.7 Å². The van der Waals surface area contributed by atoms with Crippen LogP contribution in [-0.4, -0.2) is 85.0 Å². The Morgan fingerprint density at radius 2 is 1.86 bits per heavy atom. The Kier molecular flexibility index (Phi) is 5.11. The SMILES string of the molecule is COc1ccccc1N1CCN(C(=O)CCN2C(=O)C3CCCN3C2=O)CC1. The highest BCUT2D eigenvalue weighted by Crippen LogP contribution is 2.29. The van der Waals surface area contributed by atoms with Crippen LogP contribution in [-0.2, 0) is 9.59 Å². The summed E-state index contributed by atoms with van der Waals surface area (Å²) in [5.74, 6) is 0.678. The first-order valence-electron chi connectivity index (χ1n) is 9.88. The van der Waals surface area contributed by atoms with Crippen LogP contribution in [0.25, 0.3) is 0 Å². The third kappa shape index (κ3) is 3.27. The summed E-state index contributed by atoms with van der Waals surface area (Å²) in [6.07, 6.45) is 1.80. The van der Waals surface area contributed by atoms with Crippen LogP contribution < -0.4 is 9.64 Å². The summed E-state index contributed by atoms with van der Waals surface area (Å²) in [6.45, 7) is 3.51. The summed E-state index contributed by atoms with van der Waals surface area (Å²) in [6, 6.07) is 7.34. The van der Waals surface area contributed by atoms with Crippen molar-refractivity contribution in [1.29, 1.82) is 0 Å². The van der Waals surface area contributed by atoms with Gasteiger partial charge in [-0.05, 0) is 25.0 Å². The number of fused-ring (bicyclic) bond motifs is 1. The van der Waals surface area contributed by atoms with Crippen LogP contribution in [0.4, 0.5) is 10.5 Å². The minimum atomic E-state index is -0.299. The number of anilines is 1. The topological polar surface area (TPSA) is 73.4 Å². The maximum Gasteiger partial charge on any atom is 0.327 e. The minimum Gasteiger partial charge on any atom is -0.495 e. The monoisotopic (exact) mass is 386 g/mol. The summed E-state index contributed by atoms with van der Waals surface area (Å²) < 4.78 is 5.42. The molecule has 0 bridgehead atoms. The summed E-state index contributed by atoms with van der Waals surface area (Å²) in [5, 5.41) is 0. The molecule has 8 heteroatoms. The Bertz CT molecular complexity index is 753. The molecule has 3 saturated heterocycles. The molecular weight excluding hydrogens is 360 g/mol. The van der Waals surface area contributed by atoms with Crippen molar-refractivity contribution in [2.75, 3.05) is 51.3 Å². The van der Waals surface area contributed by atoms with E-state index in [1.54, 1.807) is 12.0 Å². The molecule has 1 aromatic carbocycles. The number of amides is 4. The average molecular weight is 386 g/mol. The molecule has 4 rings (SSSR count). The van der Waals surface area contributed by atoms with Crippen molar-refractivity contribution < 1.29 is 19.1 Å². The summed E-state index contributed by atoms with van der Waals surface area (Å²) in [4.78, 5) is 44.2. The predicted octanol–water partition coefficient (Wildman–Crippen LogP) is 1.16. The van der Waals surface area contributed by atoms with Gasteiger partial charge in [-0.25, -0.2) is 4.79 Å². The van der Waals surface area contributed by atoms with E-state index in [4.69, 9.17) is 4.74 Å². The van der Waals surface area contributed by atoms with Crippen molar-refractivity contribution in [1.82, 2.24) is 14.7 Å². The van der Waals surface area contributed by atoms with E-state index < -0.39 is 0 Å². The van der Waals surface area contributed by atoms with Crippen molar-refractivity contribution in [3.63, 3.8) is 0 Å². The maximum absolute atomic E-state index is 12.6. The zero-order valence-corrected chi connectivity index (χ0v) is 16.2. The predicted molar refractivity (Wildman–Crippen MR) is 103 cm³/mol. The number of benzene rings is 1. The van der Waals surface area contributed by atoms with Crippen molar-refractivity contribution in [2.24, 2.45) is 0 Å². The first kappa shape index (κ1) is 18.6. The molecule has 0 aliphatic carbocycles. The number of ether oxygens (including phenoxy) is 1. The van der Waals surface area contributed by atoms with Crippen LogP contribution in [0.15, 0.2) is 24.3 Å². The molecule has 1 unspecified atom stereocenters. The molecule has 3 aliphatic heterocycles. The molecule has 1 aromatic rings. The molecule has 0 saturated carbocycles. The van der Waals surface area contributed by atoms with Gasteiger partial charge in [0.25, 0.3) is 5.91 Å². The van der Waals surface area contributed by atoms with Crippen molar-refractivity contribution in [2.45, 2.75) is 25.3 Å². The van der Waals surface area contributed by atoms with E-state index in [9.17, 15) is 14.4 Å². The molecular formula is C20H26N4O4. The van der Waals surface area contributed by atoms with E-state index in [1.165, 1.54) is 4.90 Å². The zero-order chi connectivity index (χ0) is 19.7. The quantitative estimate of drug-likeness (QED) is 0.710. The fraction of sp³-hybridized carbons (Fsp3) is 0.550. The number of para-hydroxylation sites is 2. The number of urea groups is 1. The molecule has 28 heavy (non-hydrogen) atoms. The summed E-state index contributed by atoms with van der Waals surface area (Å²) in [7, 11) is 1.66. The van der Waals surface area contributed by atoms with Crippen molar-refractivity contribution in [3.05, 3.63) is 24.3 Å². The van der Waals surface area contributed by atoms with Gasteiger partial charge in [-0.15, -0.1) is 0 Å². The van der Waals surface area contributed by atoms with Crippen LogP contribution in [0, 0.1) is 0 Å².